The number of allylic oxidation sites excluding steroid dienone is 1. The van der Waals surface area contributed by atoms with Gasteiger partial charge in [0.15, 0.2) is 5.78 Å². The van der Waals surface area contributed by atoms with Crippen LogP contribution in [0.1, 0.15) is 19.1 Å². The maximum atomic E-state index is 11.1. The van der Waals surface area contributed by atoms with Crippen molar-refractivity contribution in [3.8, 4) is 0 Å². The molecule has 0 aliphatic heterocycles. The first-order chi connectivity index (χ1) is 5.70. The van der Waals surface area contributed by atoms with Crippen LogP contribution in [0.4, 0.5) is 0 Å². The third-order valence-electron chi connectivity index (χ3n) is 1.65. The summed E-state index contributed by atoms with van der Waals surface area (Å²) in [6.45, 7) is 5.30. The van der Waals surface area contributed by atoms with Crippen LogP contribution in [0.5, 0.6) is 0 Å². The van der Waals surface area contributed by atoms with E-state index in [0.29, 0.717) is 18.4 Å². The maximum absolute atomic E-state index is 11.1. The predicted molar refractivity (Wildman–Crippen MR) is 46.9 cm³/mol. The predicted octanol–water partition coefficient (Wildman–Crippen LogP) is 2.36. The highest BCUT2D eigenvalue weighted by Gasteiger charge is 2.03. The average molecular weight is 164 g/mol. The van der Waals surface area contributed by atoms with Crippen molar-refractivity contribution in [3.05, 3.63) is 36.3 Å². The molecule has 0 aliphatic carbocycles. The van der Waals surface area contributed by atoms with Crippen molar-refractivity contribution in [1.82, 2.24) is 0 Å². The van der Waals surface area contributed by atoms with Gasteiger partial charge < -0.3 is 4.42 Å². The quantitative estimate of drug-likeness (QED) is 0.639. The van der Waals surface area contributed by atoms with Crippen molar-refractivity contribution in [2.24, 2.45) is 0 Å². The van der Waals surface area contributed by atoms with Crippen molar-refractivity contribution in [2.75, 3.05) is 0 Å². The summed E-state index contributed by atoms with van der Waals surface area (Å²) in [6.07, 6.45) is 2.77. The van der Waals surface area contributed by atoms with Crippen molar-refractivity contribution in [3.63, 3.8) is 0 Å². The Hall–Kier alpha value is -1.31. The van der Waals surface area contributed by atoms with E-state index in [1.807, 2.05) is 12.1 Å². The molecule has 1 aromatic rings. The third-order valence-corrected chi connectivity index (χ3v) is 1.65. The lowest BCUT2D eigenvalue weighted by Crippen LogP contribution is -1.99. The Morgan fingerprint density at radius 3 is 2.92 bits per heavy atom. The lowest BCUT2D eigenvalue weighted by Gasteiger charge is -1.96. The highest BCUT2D eigenvalue weighted by Crippen LogP contribution is 2.05. The van der Waals surface area contributed by atoms with E-state index in [4.69, 9.17) is 4.42 Å². The molecular weight excluding hydrogens is 152 g/mol. The second-order valence-electron chi connectivity index (χ2n) is 2.78. The summed E-state index contributed by atoms with van der Waals surface area (Å²) in [6, 6.07) is 3.69. The van der Waals surface area contributed by atoms with Crippen LogP contribution < -0.4 is 0 Å². The molecule has 0 spiro atoms. The molecule has 0 atom stereocenters. The molecule has 1 rings (SSSR count). The van der Waals surface area contributed by atoms with Gasteiger partial charge >= 0.3 is 0 Å². The molecule has 1 aromatic heterocycles. The molecule has 0 N–H and O–H groups in total. The summed E-state index contributed by atoms with van der Waals surface area (Å²) in [5, 5.41) is 0. The van der Waals surface area contributed by atoms with Gasteiger partial charge in [0.2, 0.25) is 0 Å². The molecule has 0 saturated carbocycles. The molecule has 12 heavy (non-hydrogen) atoms. The average Bonchev–Trinajstić information content (AvgIpc) is 2.51. The van der Waals surface area contributed by atoms with Crippen LogP contribution in [-0.4, -0.2) is 5.78 Å². The zero-order valence-electron chi connectivity index (χ0n) is 7.17. The number of hydrogen-bond acceptors (Lipinski definition) is 2. The fourth-order valence-electron chi connectivity index (χ4n) is 0.905. The molecule has 0 bridgehead atoms. The molecule has 0 radical (unpaired) electrons. The Balaban J connectivity index is 2.37. The molecule has 0 unspecified atom stereocenters. The van der Waals surface area contributed by atoms with Crippen LogP contribution in [0.25, 0.3) is 0 Å². The molecule has 0 fully saturated rings. The molecule has 0 saturated heterocycles. The Kier molecular flexibility index (Phi) is 2.86. The lowest BCUT2D eigenvalue weighted by molar-refractivity contribution is -0.115. The van der Waals surface area contributed by atoms with E-state index >= 15 is 0 Å². The lowest BCUT2D eigenvalue weighted by atomic mass is 10.1. The van der Waals surface area contributed by atoms with Crippen LogP contribution >= 0.6 is 0 Å². The van der Waals surface area contributed by atoms with Crippen LogP contribution in [0.15, 0.2) is 35.0 Å². The van der Waals surface area contributed by atoms with Gasteiger partial charge in [-0.1, -0.05) is 6.58 Å². The van der Waals surface area contributed by atoms with Gasteiger partial charge in [-0.25, -0.2) is 0 Å². The summed E-state index contributed by atoms with van der Waals surface area (Å²) in [5.74, 6) is 0.955. The minimum Gasteiger partial charge on any atom is -0.469 e. The minimum absolute atomic E-state index is 0.103. The smallest absolute Gasteiger partial charge is 0.158 e. The first-order valence-corrected chi connectivity index (χ1v) is 3.91. The molecule has 2 nitrogen and oxygen atoms in total. The van der Waals surface area contributed by atoms with Crippen LogP contribution in [0, 0.1) is 0 Å². The van der Waals surface area contributed by atoms with Gasteiger partial charge in [0, 0.05) is 12.8 Å². The highest BCUT2D eigenvalue weighted by atomic mass is 16.3. The maximum Gasteiger partial charge on any atom is 0.158 e. The van der Waals surface area contributed by atoms with Gasteiger partial charge in [0.25, 0.3) is 0 Å². The van der Waals surface area contributed by atoms with E-state index in [-0.39, 0.29) is 5.78 Å². The normalized spacial score (nSPS) is 9.75. The van der Waals surface area contributed by atoms with E-state index in [1.165, 1.54) is 0 Å². The van der Waals surface area contributed by atoms with Crippen molar-refractivity contribution >= 4 is 5.78 Å². The number of furan rings is 1. The van der Waals surface area contributed by atoms with Gasteiger partial charge in [-0.3, -0.25) is 4.79 Å². The van der Waals surface area contributed by atoms with E-state index in [9.17, 15) is 4.79 Å². The van der Waals surface area contributed by atoms with Crippen LogP contribution in [-0.2, 0) is 11.2 Å². The zero-order chi connectivity index (χ0) is 8.97. The fraction of sp³-hybridized carbons (Fsp3) is 0.300. The Morgan fingerprint density at radius 2 is 2.42 bits per heavy atom. The second kappa shape index (κ2) is 3.90. The molecule has 64 valence electrons. The summed E-state index contributed by atoms with van der Waals surface area (Å²) in [7, 11) is 0. The van der Waals surface area contributed by atoms with E-state index in [0.717, 1.165) is 5.76 Å². The fourth-order valence-corrected chi connectivity index (χ4v) is 0.905. The minimum atomic E-state index is 0.103. The summed E-state index contributed by atoms with van der Waals surface area (Å²) in [4.78, 5) is 11.1. The topological polar surface area (TPSA) is 30.2 Å². The zero-order valence-corrected chi connectivity index (χ0v) is 7.17. The van der Waals surface area contributed by atoms with E-state index < -0.39 is 0 Å². The van der Waals surface area contributed by atoms with Gasteiger partial charge in [-0.2, -0.15) is 0 Å². The Morgan fingerprint density at radius 1 is 1.67 bits per heavy atom. The number of Topliss-reactive ketones (excluding diaryl/α,β-unsaturated/α-hetero) is 1. The van der Waals surface area contributed by atoms with Crippen LogP contribution in [0.2, 0.25) is 0 Å². The molecular formula is C10H12O2. The molecule has 0 aliphatic rings. The second-order valence-corrected chi connectivity index (χ2v) is 2.78. The summed E-state index contributed by atoms with van der Waals surface area (Å²) in [5.41, 5.74) is 0.613. The molecule has 0 aromatic carbocycles. The number of carbonyl (C=O) groups excluding carboxylic acids is 1. The summed E-state index contributed by atoms with van der Waals surface area (Å²) < 4.78 is 5.08. The first-order valence-electron chi connectivity index (χ1n) is 3.91. The monoisotopic (exact) mass is 164 g/mol. The molecule has 1 heterocycles. The van der Waals surface area contributed by atoms with Gasteiger partial charge in [-0.15, -0.1) is 0 Å². The molecule has 0 amide bonds. The van der Waals surface area contributed by atoms with E-state index in [2.05, 4.69) is 6.58 Å². The van der Waals surface area contributed by atoms with Gasteiger partial charge in [-0.05, 0) is 24.6 Å². The number of hydrogen-bond donors (Lipinski definition) is 0. The SMILES string of the molecule is C=C(C)C(=O)CCc1ccco1. The number of ketones is 1. The number of carbonyl (C=O) groups is 1. The first kappa shape index (κ1) is 8.78. The Labute approximate surface area is 71.9 Å². The Bertz CT molecular complexity index is 270. The summed E-state index contributed by atoms with van der Waals surface area (Å²) >= 11 is 0. The third kappa shape index (κ3) is 2.38. The van der Waals surface area contributed by atoms with Crippen molar-refractivity contribution in [2.45, 2.75) is 19.8 Å². The highest BCUT2D eigenvalue weighted by molar-refractivity contribution is 5.94. The van der Waals surface area contributed by atoms with E-state index in [1.54, 1.807) is 13.2 Å². The van der Waals surface area contributed by atoms with Crippen molar-refractivity contribution in [1.29, 1.82) is 0 Å². The largest absolute Gasteiger partial charge is 0.469 e. The number of aryl methyl sites for hydroxylation is 1. The number of rotatable bonds is 4. The van der Waals surface area contributed by atoms with Gasteiger partial charge in [0.05, 0.1) is 6.26 Å². The standard InChI is InChI=1S/C10H12O2/c1-8(2)10(11)6-5-9-4-3-7-12-9/h3-4,7H,1,5-6H2,2H3. The van der Waals surface area contributed by atoms with Gasteiger partial charge in [0.1, 0.15) is 5.76 Å². The molecule has 2 heteroatoms. The van der Waals surface area contributed by atoms with Crippen molar-refractivity contribution < 1.29 is 9.21 Å². The van der Waals surface area contributed by atoms with Crippen LogP contribution in [0.3, 0.4) is 0 Å².